The molecule has 1 aliphatic heterocycles. The Bertz CT molecular complexity index is 739. The van der Waals surface area contributed by atoms with Crippen molar-refractivity contribution in [1.82, 2.24) is 10.2 Å². The summed E-state index contributed by atoms with van der Waals surface area (Å²) in [6, 6.07) is 6.46. The Morgan fingerprint density at radius 3 is 2.69 bits per heavy atom. The zero-order valence-corrected chi connectivity index (χ0v) is 14.9. The van der Waals surface area contributed by atoms with E-state index in [0.29, 0.717) is 30.3 Å². The van der Waals surface area contributed by atoms with Crippen LogP contribution in [0.15, 0.2) is 29.3 Å². The second-order valence-corrected chi connectivity index (χ2v) is 6.62. The van der Waals surface area contributed by atoms with Gasteiger partial charge in [-0.1, -0.05) is 6.07 Å². The maximum Gasteiger partial charge on any atom is 0.417 e. The van der Waals surface area contributed by atoms with Gasteiger partial charge in [0, 0.05) is 11.3 Å². The van der Waals surface area contributed by atoms with Gasteiger partial charge in [0.1, 0.15) is 12.1 Å². The second kappa shape index (κ2) is 7.85. The molecule has 0 radical (unpaired) electrons. The molecule has 3 N–H and O–H groups in total. The van der Waals surface area contributed by atoms with E-state index in [-0.39, 0.29) is 0 Å². The van der Waals surface area contributed by atoms with E-state index >= 15 is 0 Å². The van der Waals surface area contributed by atoms with Gasteiger partial charge in [0.05, 0.1) is 13.1 Å². The summed E-state index contributed by atoms with van der Waals surface area (Å²) in [5, 5.41) is 13.9. The van der Waals surface area contributed by atoms with Crippen molar-refractivity contribution in [2.24, 2.45) is 4.99 Å². The van der Waals surface area contributed by atoms with Gasteiger partial charge in [-0.15, -0.1) is 0 Å². The van der Waals surface area contributed by atoms with Gasteiger partial charge in [-0.25, -0.2) is 9.69 Å². The van der Waals surface area contributed by atoms with E-state index in [0.717, 1.165) is 0 Å². The maximum atomic E-state index is 12.2. The number of carbonyl (C=O) groups is 3. The third-order valence-electron chi connectivity index (χ3n) is 3.24. The average Bonchev–Trinajstić information content (AvgIpc) is 2.99. The molecule has 1 aromatic rings. The summed E-state index contributed by atoms with van der Waals surface area (Å²) in [6.07, 6.45) is -0.503. The highest BCUT2D eigenvalue weighted by molar-refractivity contribution is 6.04. The summed E-state index contributed by atoms with van der Waals surface area (Å²) in [5.41, 5.74) is 0.216. The third-order valence-corrected chi connectivity index (χ3v) is 3.24. The van der Waals surface area contributed by atoms with Gasteiger partial charge in [-0.05, 0) is 39.0 Å². The number of nitrogens with zero attached hydrogens (tertiary/aromatic N) is 2. The van der Waals surface area contributed by atoms with E-state index in [1.54, 1.807) is 45.0 Å². The summed E-state index contributed by atoms with van der Waals surface area (Å²) in [5.74, 6) is -1.29. The zero-order chi connectivity index (χ0) is 19.3. The van der Waals surface area contributed by atoms with Crippen molar-refractivity contribution in [2.75, 3.05) is 25.0 Å². The first-order chi connectivity index (χ1) is 12.2. The maximum absolute atomic E-state index is 12.2. The van der Waals surface area contributed by atoms with Gasteiger partial charge in [0.15, 0.2) is 0 Å². The Balaban J connectivity index is 2.06. The molecule has 0 spiro atoms. The molecule has 140 valence electrons. The molecule has 1 heterocycles. The van der Waals surface area contributed by atoms with Crippen LogP contribution < -0.4 is 10.6 Å². The van der Waals surface area contributed by atoms with Gasteiger partial charge < -0.3 is 20.5 Å². The normalized spacial score (nSPS) is 13.8. The zero-order valence-electron chi connectivity index (χ0n) is 14.9. The monoisotopic (exact) mass is 362 g/mol. The lowest BCUT2D eigenvalue weighted by atomic mass is 10.2. The minimum absolute atomic E-state index is 0.290. The minimum Gasteiger partial charge on any atom is -0.480 e. The van der Waals surface area contributed by atoms with E-state index in [4.69, 9.17) is 9.84 Å². The van der Waals surface area contributed by atoms with Crippen molar-refractivity contribution in [3.8, 4) is 0 Å². The van der Waals surface area contributed by atoms with Crippen LogP contribution in [-0.4, -0.2) is 59.2 Å². The summed E-state index contributed by atoms with van der Waals surface area (Å²) < 4.78 is 5.35. The topological polar surface area (TPSA) is 120 Å². The summed E-state index contributed by atoms with van der Waals surface area (Å²) in [7, 11) is 0. The SMILES string of the molecule is CC(C)(C)OC(=O)N1CCN=C1Nc1cccc(C(=O)NCC(=O)O)c1. The molecule has 1 aliphatic rings. The lowest BCUT2D eigenvalue weighted by Crippen LogP contribution is -2.41. The fraction of sp³-hybridized carbons (Fsp3) is 0.412. The molecule has 0 unspecified atom stereocenters. The summed E-state index contributed by atoms with van der Waals surface area (Å²) in [4.78, 5) is 40.4. The van der Waals surface area contributed by atoms with E-state index in [1.807, 2.05) is 0 Å². The highest BCUT2D eigenvalue weighted by Crippen LogP contribution is 2.16. The number of benzene rings is 1. The van der Waals surface area contributed by atoms with Crippen LogP contribution in [0.25, 0.3) is 0 Å². The first kappa shape index (κ1) is 19.2. The molecule has 2 amide bonds. The molecular formula is C17H22N4O5. The van der Waals surface area contributed by atoms with Crippen LogP contribution in [0.2, 0.25) is 0 Å². The molecule has 1 aromatic carbocycles. The Kier molecular flexibility index (Phi) is 5.81. The van der Waals surface area contributed by atoms with Crippen LogP contribution in [0.4, 0.5) is 10.5 Å². The van der Waals surface area contributed by atoms with E-state index in [2.05, 4.69) is 15.6 Å². The Hall–Kier alpha value is -3.10. The number of hydrogen-bond donors (Lipinski definition) is 3. The van der Waals surface area contributed by atoms with Crippen molar-refractivity contribution in [2.45, 2.75) is 26.4 Å². The van der Waals surface area contributed by atoms with Crippen LogP contribution in [-0.2, 0) is 9.53 Å². The highest BCUT2D eigenvalue weighted by atomic mass is 16.6. The average molecular weight is 362 g/mol. The van der Waals surface area contributed by atoms with Crippen LogP contribution >= 0.6 is 0 Å². The van der Waals surface area contributed by atoms with Gasteiger partial charge in [-0.2, -0.15) is 0 Å². The second-order valence-electron chi connectivity index (χ2n) is 6.62. The van der Waals surface area contributed by atoms with E-state index in [1.165, 1.54) is 4.90 Å². The van der Waals surface area contributed by atoms with Gasteiger partial charge in [0.2, 0.25) is 5.96 Å². The van der Waals surface area contributed by atoms with Gasteiger partial charge >= 0.3 is 12.1 Å². The van der Waals surface area contributed by atoms with Crippen molar-refractivity contribution in [1.29, 1.82) is 0 Å². The lowest BCUT2D eigenvalue weighted by Gasteiger charge is -2.25. The number of aliphatic carboxylic acids is 1. The fourth-order valence-corrected chi connectivity index (χ4v) is 2.17. The first-order valence-corrected chi connectivity index (χ1v) is 8.08. The Labute approximate surface area is 151 Å². The molecule has 0 saturated carbocycles. The number of carboxylic acids is 1. The van der Waals surface area contributed by atoms with Crippen LogP contribution in [0.1, 0.15) is 31.1 Å². The van der Waals surface area contributed by atoms with Gasteiger partial charge in [0.25, 0.3) is 5.91 Å². The molecule has 2 rings (SSSR count). The predicted octanol–water partition coefficient (Wildman–Crippen LogP) is 1.52. The summed E-state index contributed by atoms with van der Waals surface area (Å²) in [6.45, 7) is 5.73. The van der Waals surface area contributed by atoms with Crippen molar-refractivity contribution < 1.29 is 24.2 Å². The Morgan fingerprint density at radius 1 is 1.31 bits per heavy atom. The molecule has 9 heteroatoms. The van der Waals surface area contributed by atoms with Crippen LogP contribution in [0, 0.1) is 0 Å². The Morgan fingerprint density at radius 2 is 2.04 bits per heavy atom. The van der Waals surface area contributed by atoms with Crippen LogP contribution in [0.3, 0.4) is 0 Å². The number of nitrogens with one attached hydrogen (secondary N) is 2. The molecule has 0 saturated heterocycles. The molecule has 9 nitrogen and oxygen atoms in total. The standard InChI is InChI=1S/C17H22N4O5/c1-17(2,3)26-16(25)21-8-7-18-15(21)20-12-6-4-5-11(9-12)14(24)19-10-13(22)23/h4-6,9H,7-8,10H2,1-3H3,(H,18,20)(H,19,24)(H,22,23). The van der Waals surface area contributed by atoms with Crippen molar-refractivity contribution >= 4 is 29.6 Å². The largest absolute Gasteiger partial charge is 0.480 e. The first-order valence-electron chi connectivity index (χ1n) is 8.08. The fourth-order valence-electron chi connectivity index (χ4n) is 2.17. The smallest absolute Gasteiger partial charge is 0.417 e. The molecule has 0 aliphatic carbocycles. The van der Waals surface area contributed by atoms with Gasteiger partial charge in [-0.3, -0.25) is 14.6 Å². The van der Waals surface area contributed by atoms with E-state index < -0.39 is 30.1 Å². The molecule has 0 fully saturated rings. The number of amides is 2. The molecule has 0 bridgehead atoms. The quantitative estimate of drug-likeness (QED) is 0.747. The summed E-state index contributed by atoms with van der Waals surface area (Å²) >= 11 is 0. The third kappa shape index (κ3) is 5.47. The molecular weight excluding hydrogens is 340 g/mol. The highest BCUT2D eigenvalue weighted by Gasteiger charge is 2.28. The number of ether oxygens (including phenoxy) is 1. The lowest BCUT2D eigenvalue weighted by molar-refractivity contribution is -0.135. The number of guanidine groups is 1. The predicted molar refractivity (Wildman–Crippen MR) is 95.3 cm³/mol. The molecule has 0 atom stereocenters. The number of hydrogen-bond acceptors (Lipinski definition) is 6. The number of anilines is 1. The van der Waals surface area contributed by atoms with Crippen molar-refractivity contribution in [3.05, 3.63) is 29.8 Å². The number of carboxylic acid groups (broad SMARTS) is 1. The molecule has 0 aromatic heterocycles. The minimum atomic E-state index is -1.12. The number of aliphatic imine (C=N–C) groups is 1. The number of rotatable bonds is 4. The van der Waals surface area contributed by atoms with Crippen molar-refractivity contribution in [3.63, 3.8) is 0 Å². The number of carbonyl (C=O) groups excluding carboxylic acids is 2. The van der Waals surface area contributed by atoms with E-state index in [9.17, 15) is 14.4 Å². The molecule has 26 heavy (non-hydrogen) atoms. The van der Waals surface area contributed by atoms with Crippen LogP contribution in [0.5, 0.6) is 0 Å².